The number of hydrogen-bond donors (Lipinski definition) is 0. The Kier molecular flexibility index (Phi) is 4.74. The lowest BCUT2D eigenvalue weighted by atomic mass is 10.0. The summed E-state index contributed by atoms with van der Waals surface area (Å²) in [6.07, 6.45) is 1.78. The predicted molar refractivity (Wildman–Crippen MR) is 88.9 cm³/mol. The van der Waals surface area contributed by atoms with Crippen molar-refractivity contribution in [1.82, 2.24) is 9.88 Å². The van der Waals surface area contributed by atoms with Crippen LogP contribution in [0.25, 0.3) is 10.9 Å². The summed E-state index contributed by atoms with van der Waals surface area (Å²) >= 11 is 6.34. The maximum absolute atomic E-state index is 6.34. The van der Waals surface area contributed by atoms with Crippen molar-refractivity contribution in [1.29, 1.82) is 0 Å². The van der Waals surface area contributed by atoms with Crippen LogP contribution in [0, 0.1) is 0 Å². The number of halogens is 1. The van der Waals surface area contributed by atoms with Crippen LogP contribution in [-0.2, 0) is 6.54 Å². The third-order valence-corrected chi connectivity index (χ3v) is 3.86. The molecule has 3 rings (SSSR count). The number of hydrogen-bond acceptors (Lipinski definition) is 3. The van der Waals surface area contributed by atoms with Crippen LogP contribution in [0.4, 0.5) is 0 Å². The number of nitrogens with zero attached hydrogens (tertiary/aromatic N) is 2. The fraction of sp³-hybridized carbons (Fsp3) is 0.471. The van der Waals surface area contributed by atoms with E-state index in [2.05, 4.69) is 30.7 Å². The first-order valence-electron chi connectivity index (χ1n) is 7.41. The summed E-state index contributed by atoms with van der Waals surface area (Å²) in [5.41, 5.74) is 2.04. The minimum absolute atomic E-state index is 0.0727. The van der Waals surface area contributed by atoms with Crippen LogP contribution < -0.4 is 4.74 Å². The molecule has 1 aromatic heterocycles. The molecule has 0 radical (unpaired) electrons. The van der Waals surface area contributed by atoms with E-state index in [9.17, 15) is 0 Å². The number of ether oxygens (including phenoxy) is 1. The second-order valence-corrected chi connectivity index (χ2v) is 6.30. The zero-order chi connectivity index (χ0) is 15.6. The van der Waals surface area contributed by atoms with Gasteiger partial charge in [0, 0.05) is 29.2 Å². The van der Waals surface area contributed by atoms with E-state index in [-0.39, 0.29) is 5.54 Å². The fourth-order valence-electron chi connectivity index (χ4n) is 2.33. The number of rotatable bonds is 0. The van der Waals surface area contributed by atoms with Gasteiger partial charge in [-0.1, -0.05) is 25.4 Å². The predicted octanol–water partition coefficient (Wildman–Crippen LogP) is 4.86. The van der Waals surface area contributed by atoms with Crippen molar-refractivity contribution in [3.05, 3.63) is 35.0 Å². The summed E-state index contributed by atoms with van der Waals surface area (Å²) in [7, 11) is 0. The molecule has 0 aliphatic carbocycles. The quantitative estimate of drug-likeness (QED) is 0.694. The first kappa shape index (κ1) is 16.1. The fourth-order valence-corrected chi connectivity index (χ4v) is 2.61. The summed E-state index contributed by atoms with van der Waals surface area (Å²) in [4.78, 5) is 6.69. The molecule has 114 valence electrons. The molecule has 0 atom stereocenters. The van der Waals surface area contributed by atoms with E-state index >= 15 is 0 Å². The molecule has 0 unspecified atom stereocenters. The number of fused-ring (bicyclic) bond motifs is 3. The van der Waals surface area contributed by atoms with Crippen molar-refractivity contribution in [2.24, 2.45) is 0 Å². The van der Waals surface area contributed by atoms with Crippen LogP contribution in [0.15, 0.2) is 24.4 Å². The first-order chi connectivity index (χ1) is 9.97. The van der Waals surface area contributed by atoms with Gasteiger partial charge < -0.3 is 4.74 Å². The van der Waals surface area contributed by atoms with Gasteiger partial charge in [-0.05, 0) is 39.0 Å². The van der Waals surface area contributed by atoms with Crippen molar-refractivity contribution in [3.63, 3.8) is 0 Å². The van der Waals surface area contributed by atoms with E-state index in [1.807, 2.05) is 32.0 Å². The molecular formula is C17H23ClN2O. The Morgan fingerprint density at radius 3 is 2.67 bits per heavy atom. The Morgan fingerprint density at radius 1 is 1.29 bits per heavy atom. The second-order valence-electron chi connectivity index (χ2n) is 5.89. The molecule has 0 amide bonds. The molecule has 2 heterocycles. The van der Waals surface area contributed by atoms with E-state index in [0.29, 0.717) is 6.73 Å². The largest absolute Gasteiger partial charge is 0.475 e. The SMILES string of the molecule is CC.CC(C)(C)N1COc2c(cc(Cl)c3cccnc23)C1. The molecule has 0 spiro atoms. The molecule has 0 bridgehead atoms. The van der Waals surface area contributed by atoms with Gasteiger partial charge in [-0.3, -0.25) is 9.88 Å². The van der Waals surface area contributed by atoms with Gasteiger partial charge in [-0.2, -0.15) is 0 Å². The molecule has 1 aliphatic heterocycles. The lowest BCUT2D eigenvalue weighted by Gasteiger charge is -2.38. The van der Waals surface area contributed by atoms with E-state index < -0.39 is 0 Å². The molecule has 0 fully saturated rings. The molecular weight excluding hydrogens is 284 g/mol. The van der Waals surface area contributed by atoms with E-state index in [1.54, 1.807) is 6.20 Å². The topological polar surface area (TPSA) is 25.4 Å². The van der Waals surface area contributed by atoms with Crippen LogP contribution >= 0.6 is 11.6 Å². The highest BCUT2D eigenvalue weighted by molar-refractivity contribution is 6.35. The standard InChI is InChI=1S/C15H17ClN2O.C2H6/c1-15(2,3)18-8-10-7-12(16)11-5-4-6-17-13(11)14(10)19-9-18;1-2/h4-7H,8-9H2,1-3H3;1-2H3. The summed E-state index contributed by atoms with van der Waals surface area (Å²) in [5.74, 6) is 0.875. The third kappa shape index (κ3) is 3.14. The number of pyridine rings is 1. The molecule has 4 heteroatoms. The van der Waals surface area contributed by atoms with Crippen molar-refractivity contribution < 1.29 is 4.74 Å². The van der Waals surface area contributed by atoms with Crippen LogP contribution in [-0.4, -0.2) is 22.2 Å². The van der Waals surface area contributed by atoms with Gasteiger partial charge in [0.1, 0.15) is 12.2 Å². The van der Waals surface area contributed by atoms with Crippen LogP contribution in [0.2, 0.25) is 5.02 Å². The molecule has 1 aromatic carbocycles. The maximum Gasteiger partial charge on any atom is 0.152 e. The number of aromatic nitrogens is 1. The Morgan fingerprint density at radius 2 is 2.00 bits per heavy atom. The van der Waals surface area contributed by atoms with E-state index in [1.165, 1.54) is 0 Å². The smallest absolute Gasteiger partial charge is 0.152 e. The maximum atomic E-state index is 6.34. The average molecular weight is 307 g/mol. The Bertz CT molecular complexity index is 634. The molecule has 2 aromatic rings. The van der Waals surface area contributed by atoms with Crippen molar-refractivity contribution in [2.45, 2.75) is 46.7 Å². The molecule has 0 saturated carbocycles. The van der Waals surface area contributed by atoms with Crippen LogP contribution in [0.5, 0.6) is 5.75 Å². The van der Waals surface area contributed by atoms with Gasteiger partial charge in [0.05, 0.1) is 5.02 Å². The Hall–Kier alpha value is -1.32. The van der Waals surface area contributed by atoms with Gasteiger partial charge in [0.15, 0.2) is 5.75 Å². The molecule has 21 heavy (non-hydrogen) atoms. The van der Waals surface area contributed by atoms with Gasteiger partial charge in [-0.15, -0.1) is 0 Å². The lowest BCUT2D eigenvalue weighted by Crippen LogP contribution is -2.45. The van der Waals surface area contributed by atoms with Crippen molar-refractivity contribution in [3.8, 4) is 5.75 Å². The highest BCUT2D eigenvalue weighted by Gasteiger charge is 2.28. The van der Waals surface area contributed by atoms with Gasteiger partial charge in [-0.25, -0.2) is 0 Å². The minimum Gasteiger partial charge on any atom is -0.475 e. The van der Waals surface area contributed by atoms with Gasteiger partial charge >= 0.3 is 0 Å². The molecule has 0 N–H and O–H groups in total. The third-order valence-electron chi connectivity index (χ3n) is 3.55. The first-order valence-corrected chi connectivity index (χ1v) is 7.78. The highest BCUT2D eigenvalue weighted by atomic mass is 35.5. The summed E-state index contributed by atoms with van der Waals surface area (Å²) < 4.78 is 5.94. The monoisotopic (exact) mass is 306 g/mol. The van der Waals surface area contributed by atoms with Crippen molar-refractivity contribution in [2.75, 3.05) is 6.73 Å². The average Bonchev–Trinajstić information content (AvgIpc) is 2.48. The molecule has 3 nitrogen and oxygen atoms in total. The molecule has 0 saturated heterocycles. The van der Waals surface area contributed by atoms with Crippen molar-refractivity contribution >= 4 is 22.5 Å². The Labute approximate surface area is 131 Å². The summed E-state index contributed by atoms with van der Waals surface area (Å²) in [6.45, 7) is 12.0. The normalized spacial score (nSPS) is 15.0. The van der Waals surface area contributed by atoms with Crippen LogP contribution in [0.1, 0.15) is 40.2 Å². The lowest BCUT2D eigenvalue weighted by molar-refractivity contribution is 0.0228. The highest BCUT2D eigenvalue weighted by Crippen LogP contribution is 2.37. The second kappa shape index (κ2) is 6.20. The van der Waals surface area contributed by atoms with Crippen LogP contribution in [0.3, 0.4) is 0 Å². The van der Waals surface area contributed by atoms with Gasteiger partial charge in [0.25, 0.3) is 0 Å². The zero-order valence-corrected chi connectivity index (χ0v) is 14.2. The van der Waals surface area contributed by atoms with E-state index in [0.717, 1.165) is 33.8 Å². The Balaban J connectivity index is 0.000000774. The number of benzene rings is 1. The van der Waals surface area contributed by atoms with Gasteiger partial charge in [0.2, 0.25) is 0 Å². The molecule has 1 aliphatic rings. The zero-order valence-electron chi connectivity index (χ0n) is 13.4. The van der Waals surface area contributed by atoms with E-state index in [4.69, 9.17) is 16.3 Å². The summed E-state index contributed by atoms with van der Waals surface area (Å²) in [6, 6.07) is 5.87. The summed E-state index contributed by atoms with van der Waals surface area (Å²) in [5, 5.41) is 1.69. The minimum atomic E-state index is 0.0727.